The Balaban J connectivity index is 1.64. The van der Waals surface area contributed by atoms with Crippen LogP contribution in [0, 0.1) is 0 Å². The molecular formula is C19H26ClN5O. The molecule has 2 fully saturated rings. The molecule has 2 N–H and O–H groups in total. The van der Waals surface area contributed by atoms with Gasteiger partial charge in [0.05, 0.1) is 0 Å². The molecule has 1 heterocycles. The van der Waals surface area contributed by atoms with Crippen molar-refractivity contribution in [3.8, 4) is 0 Å². The SMILES string of the molecule is O=C(NN=C1CCCCCC1)c1cc(Cl)nc(NN=C2CCCCC2)c1. The molecule has 26 heavy (non-hydrogen) atoms. The molecular weight excluding hydrogens is 350 g/mol. The van der Waals surface area contributed by atoms with Gasteiger partial charge in [0.2, 0.25) is 0 Å². The summed E-state index contributed by atoms with van der Waals surface area (Å²) in [5, 5.41) is 8.97. The Labute approximate surface area is 159 Å². The maximum absolute atomic E-state index is 12.4. The van der Waals surface area contributed by atoms with Crippen molar-refractivity contribution >= 4 is 34.7 Å². The van der Waals surface area contributed by atoms with E-state index >= 15 is 0 Å². The van der Waals surface area contributed by atoms with Crippen LogP contribution in [-0.2, 0) is 0 Å². The summed E-state index contributed by atoms with van der Waals surface area (Å²) in [5.74, 6) is 0.197. The number of hydrazone groups is 2. The fourth-order valence-electron chi connectivity index (χ4n) is 3.34. The molecule has 0 saturated heterocycles. The van der Waals surface area contributed by atoms with Crippen LogP contribution in [0.5, 0.6) is 0 Å². The molecule has 0 aromatic carbocycles. The molecule has 0 radical (unpaired) electrons. The second-order valence-electron chi connectivity index (χ2n) is 6.95. The van der Waals surface area contributed by atoms with Gasteiger partial charge in [0.15, 0.2) is 0 Å². The third-order valence-corrected chi connectivity index (χ3v) is 5.01. The van der Waals surface area contributed by atoms with Gasteiger partial charge in [-0.25, -0.2) is 10.4 Å². The minimum atomic E-state index is -0.278. The van der Waals surface area contributed by atoms with E-state index in [1.165, 1.54) is 32.1 Å². The van der Waals surface area contributed by atoms with E-state index in [4.69, 9.17) is 11.6 Å². The fraction of sp³-hybridized carbons (Fsp3) is 0.579. The maximum atomic E-state index is 12.4. The molecule has 0 spiro atoms. The standard InChI is InChI=1S/C19H26ClN5O/c20-17-12-14(19(26)25-23-16-8-4-1-2-5-9-16)13-18(21-17)24-22-15-10-6-3-7-11-15/h12-13H,1-11H2,(H,21,24)(H,25,26). The van der Waals surface area contributed by atoms with Crippen molar-refractivity contribution in [1.82, 2.24) is 10.4 Å². The molecule has 1 aromatic rings. The zero-order valence-electron chi connectivity index (χ0n) is 15.1. The van der Waals surface area contributed by atoms with Gasteiger partial charge in [0.25, 0.3) is 5.91 Å². The van der Waals surface area contributed by atoms with Crippen LogP contribution in [0.15, 0.2) is 22.3 Å². The molecule has 7 heteroatoms. The van der Waals surface area contributed by atoms with E-state index in [0.29, 0.717) is 11.4 Å². The van der Waals surface area contributed by atoms with Crippen LogP contribution in [0.4, 0.5) is 5.82 Å². The number of halogens is 1. The van der Waals surface area contributed by atoms with Crippen LogP contribution in [0.25, 0.3) is 0 Å². The van der Waals surface area contributed by atoms with Crippen LogP contribution in [0.3, 0.4) is 0 Å². The lowest BCUT2D eigenvalue weighted by Crippen LogP contribution is -2.20. The largest absolute Gasteiger partial charge is 0.271 e. The highest BCUT2D eigenvalue weighted by molar-refractivity contribution is 6.29. The Bertz CT molecular complexity index is 683. The van der Waals surface area contributed by atoms with Crippen molar-refractivity contribution in [2.45, 2.75) is 70.6 Å². The Kier molecular flexibility index (Phi) is 7.00. The van der Waals surface area contributed by atoms with Crippen molar-refractivity contribution in [1.29, 1.82) is 0 Å². The summed E-state index contributed by atoms with van der Waals surface area (Å²) >= 11 is 6.07. The van der Waals surface area contributed by atoms with Gasteiger partial charge in [0.1, 0.15) is 11.0 Å². The maximum Gasteiger partial charge on any atom is 0.271 e. The Morgan fingerprint density at radius 3 is 2.12 bits per heavy atom. The average molecular weight is 376 g/mol. The summed E-state index contributed by atoms with van der Waals surface area (Å²) in [5.41, 5.74) is 8.23. The molecule has 0 unspecified atom stereocenters. The minimum absolute atomic E-state index is 0.256. The number of carbonyl (C=O) groups is 1. The number of anilines is 1. The number of nitrogens with one attached hydrogen (secondary N) is 2. The van der Waals surface area contributed by atoms with Gasteiger partial charge >= 0.3 is 0 Å². The Morgan fingerprint density at radius 1 is 0.885 bits per heavy atom. The van der Waals surface area contributed by atoms with Gasteiger partial charge in [-0.2, -0.15) is 10.2 Å². The van der Waals surface area contributed by atoms with Crippen molar-refractivity contribution < 1.29 is 4.79 Å². The minimum Gasteiger partial charge on any atom is -0.267 e. The van der Waals surface area contributed by atoms with Crippen LogP contribution < -0.4 is 10.9 Å². The van der Waals surface area contributed by atoms with Gasteiger partial charge in [-0.1, -0.05) is 30.9 Å². The first-order chi connectivity index (χ1) is 12.7. The third-order valence-electron chi connectivity index (χ3n) is 4.81. The van der Waals surface area contributed by atoms with E-state index in [1.54, 1.807) is 12.1 Å². The van der Waals surface area contributed by atoms with E-state index in [0.717, 1.165) is 49.9 Å². The number of nitrogens with zero attached hydrogens (tertiary/aromatic N) is 3. The van der Waals surface area contributed by atoms with Gasteiger partial charge in [0, 0.05) is 17.0 Å². The molecule has 2 aliphatic carbocycles. The van der Waals surface area contributed by atoms with Crippen molar-refractivity contribution in [3.63, 3.8) is 0 Å². The first-order valence-electron chi connectivity index (χ1n) is 9.55. The molecule has 1 amide bonds. The Morgan fingerprint density at radius 2 is 1.46 bits per heavy atom. The number of rotatable bonds is 4. The zero-order chi connectivity index (χ0) is 18.2. The summed E-state index contributed by atoms with van der Waals surface area (Å²) < 4.78 is 0. The quantitative estimate of drug-likeness (QED) is 0.446. The number of pyridine rings is 1. The molecule has 0 aliphatic heterocycles. The Hall–Kier alpha value is -1.95. The lowest BCUT2D eigenvalue weighted by atomic mass is 9.99. The molecule has 1 aromatic heterocycles. The topological polar surface area (TPSA) is 78.7 Å². The van der Waals surface area contributed by atoms with Crippen molar-refractivity contribution in [3.05, 3.63) is 22.8 Å². The number of hydrogen-bond donors (Lipinski definition) is 2. The van der Waals surface area contributed by atoms with Gasteiger partial charge in [-0.3, -0.25) is 10.2 Å². The molecule has 0 atom stereocenters. The summed E-state index contributed by atoms with van der Waals surface area (Å²) in [7, 11) is 0. The van der Waals surface area contributed by atoms with E-state index in [1.807, 2.05) is 0 Å². The van der Waals surface area contributed by atoms with E-state index < -0.39 is 0 Å². The first kappa shape index (κ1) is 18.8. The highest BCUT2D eigenvalue weighted by Crippen LogP contribution is 2.18. The highest BCUT2D eigenvalue weighted by atomic mass is 35.5. The summed E-state index contributed by atoms with van der Waals surface area (Å²) in [4.78, 5) is 16.6. The van der Waals surface area contributed by atoms with E-state index in [2.05, 4.69) is 26.0 Å². The zero-order valence-corrected chi connectivity index (χ0v) is 15.8. The molecule has 3 rings (SSSR count). The first-order valence-corrected chi connectivity index (χ1v) is 9.93. The summed E-state index contributed by atoms with van der Waals surface area (Å²) in [6, 6.07) is 3.20. The number of hydrogen-bond acceptors (Lipinski definition) is 5. The normalized spacial score (nSPS) is 18.0. The predicted molar refractivity (Wildman–Crippen MR) is 106 cm³/mol. The number of aromatic nitrogens is 1. The van der Waals surface area contributed by atoms with Crippen LogP contribution in [0.1, 0.15) is 81.0 Å². The van der Waals surface area contributed by atoms with Crippen LogP contribution in [-0.4, -0.2) is 22.3 Å². The van der Waals surface area contributed by atoms with E-state index in [-0.39, 0.29) is 11.1 Å². The van der Waals surface area contributed by atoms with Crippen LogP contribution in [0.2, 0.25) is 5.15 Å². The fourth-order valence-corrected chi connectivity index (χ4v) is 3.54. The van der Waals surface area contributed by atoms with Gasteiger partial charge in [-0.15, -0.1) is 0 Å². The molecule has 2 aliphatic rings. The van der Waals surface area contributed by atoms with Gasteiger partial charge < -0.3 is 0 Å². The molecule has 2 saturated carbocycles. The van der Waals surface area contributed by atoms with Crippen molar-refractivity contribution in [2.24, 2.45) is 10.2 Å². The lowest BCUT2D eigenvalue weighted by Gasteiger charge is -2.12. The molecule has 140 valence electrons. The monoisotopic (exact) mass is 375 g/mol. The summed E-state index contributed by atoms with van der Waals surface area (Å²) in [6.07, 6.45) is 12.3. The summed E-state index contributed by atoms with van der Waals surface area (Å²) in [6.45, 7) is 0. The number of amides is 1. The predicted octanol–water partition coefficient (Wildman–Crippen LogP) is 4.91. The second-order valence-corrected chi connectivity index (χ2v) is 7.33. The third kappa shape index (κ3) is 5.80. The molecule has 0 bridgehead atoms. The van der Waals surface area contributed by atoms with Crippen LogP contribution >= 0.6 is 11.6 Å². The highest BCUT2D eigenvalue weighted by Gasteiger charge is 2.11. The van der Waals surface area contributed by atoms with E-state index in [9.17, 15) is 4.79 Å². The lowest BCUT2D eigenvalue weighted by molar-refractivity contribution is 0.0954. The average Bonchev–Trinajstić information content (AvgIpc) is 2.94. The smallest absolute Gasteiger partial charge is 0.267 e. The van der Waals surface area contributed by atoms with Gasteiger partial charge in [-0.05, 0) is 63.5 Å². The second kappa shape index (κ2) is 9.67. The molecule has 6 nitrogen and oxygen atoms in total. The number of carbonyl (C=O) groups excluding carboxylic acids is 1. The van der Waals surface area contributed by atoms with Crippen molar-refractivity contribution in [2.75, 3.05) is 5.43 Å².